The minimum Gasteiger partial charge on any atom is -0.215 e. The highest BCUT2D eigenvalue weighted by Gasteiger charge is 2.10. The van der Waals surface area contributed by atoms with E-state index in [-0.39, 0.29) is 11.1 Å². The third-order valence-corrected chi connectivity index (χ3v) is 3.46. The monoisotopic (exact) mass is 241 g/mol. The molecule has 0 spiro atoms. The first-order valence-corrected chi connectivity index (χ1v) is 7.04. The maximum Gasteiger partial charge on any atom is 0.211 e. The molecule has 86 valence electrons. The van der Waals surface area contributed by atoms with Crippen molar-refractivity contribution in [1.29, 1.82) is 0 Å². The smallest absolute Gasteiger partial charge is 0.211 e. The topological polar surface area (TPSA) is 46.2 Å². The first-order chi connectivity index (χ1) is 6.33. The Labute approximate surface area is 92.3 Å². The lowest BCUT2D eigenvalue weighted by atomic mass is 10.2. The molecule has 0 amide bonds. The van der Waals surface area contributed by atoms with Crippen molar-refractivity contribution in [3.63, 3.8) is 0 Å². The highest BCUT2D eigenvalue weighted by molar-refractivity contribution is 7.89. The molecule has 0 aliphatic heterocycles. The molecule has 0 saturated heterocycles. The molecule has 0 rings (SSSR count). The van der Waals surface area contributed by atoms with Gasteiger partial charge in [0.15, 0.2) is 0 Å². The van der Waals surface area contributed by atoms with Gasteiger partial charge in [-0.3, -0.25) is 0 Å². The van der Waals surface area contributed by atoms with Crippen molar-refractivity contribution in [2.45, 2.75) is 39.0 Å². The molecule has 0 aliphatic carbocycles. The van der Waals surface area contributed by atoms with E-state index in [0.29, 0.717) is 25.3 Å². The zero-order valence-corrected chi connectivity index (χ0v) is 10.7. The van der Waals surface area contributed by atoms with Gasteiger partial charge in [0.1, 0.15) is 0 Å². The molecule has 3 nitrogen and oxygen atoms in total. The summed E-state index contributed by atoms with van der Waals surface area (Å²) in [6.45, 7) is 6.31. The molecule has 0 aromatic carbocycles. The van der Waals surface area contributed by atoms with Gasteiger partial charge in [-0.05, 0) is 25.7 Å². The Morgan fingerprint density at radius 1 is 1.21 bits per heavy atom. The summed E-state index contributed by atoms with van der Waals surface area (Å²) in [5.74, 6) is 0.625. The van der Waals surface area contributed by atoms with Crippen LogP contribution in [0, 0.1) is 5.92 Å². The Morgan fingerprint density at radius 3 is 2.21 bits per heavy atom. The SMILES string of the molecule is CC(C)CCS(=O)(=O)NCCC(C)Cl. The average Bonchev–Trinajstić information content (AvgIpc) is 2.00. The fourth-order valence-electron chi connectivity index (χ4n) is 0.876. The van der Waals surface area contributed by atoms with Gasteiger partial charge in [0.2, 0.25) is 10.0 Å². The summed E-state index contributed by atoms with van der Waals surface area (Å²) in [6, 6.07) is 0. The third kappa shape index (κ3) is 8.78. The molecule has 0 aromatic heterocycles. The normalized spacial score (nSPS) is 14.6. The Bertz CT molecular complexity index is 237. The van der Waals surface area contributed by atoms with E-state index in [9.17, 15) is 8.42 Å². The lowest BCUT2D eigenvalue weighted by Gasteiger charge is -2.08. The molecule has 5 heteroatoms. The maximum atomic E-state index is 11.4. The highest BCUT2D eigenvalue weighted by atomic mass is 35.5. The predicted molar refractivity (Wildman–Crippen MR) is 61.2 cm³/mol. The fourth-order valence-corrected chi connectivity index (χ4v) is 2.34. The summed E-state index contributed by atoms with van der Waals surface area (Å²) in [7, 11) is -3.08. The van der Waals surface area contributed by atoms with Crippen molar-refractivity contribution in [3.8, 4) is 0 Å². The second-order valence-electron chi connectivity index (χ2n) is 3.97. The summed E-state index contributed by atoms with van der Waals surface area (Å²) in [5, 5.41) is 0.0165. The van der Waals surface area contributed by atoms with Crippen LogP contribution < -0.4 is 4.72 Å². The van der Waals surface area contributed by atoms with Crippen molar-refractivity contribution in [3.05, 3.63) is 0 Å². The van der Waals surface area contributed by atoms with Gasteiger partial charge in [0, 0.05) is 11.9 Å². The van der Waals surface area contributed by atoms with E-state index in [1.54, 1.807) is 0 Å². The van der Waals surface area contributed by atoms with Gasteiger partial charge in [-0.1, -0.05) is 13.8 Å². The number of sulfonamides is 1. The summed E-state index contributed by atoms with van der Waals surface area (Å²) < 4.78 is 25.3. The van der Waals surface area contributed by atoms with Crippen LogP contribution in [-0.2, 0) is 10.0 Å². The zero-order chi connectivity index (χ0) is 11.2. The van der Waals surface area contributed by atoms with E-state index in [1.165, 1.54) is 0 Å². The van der Waals surface area contributed by atoms with Crippen molar-refractivity contribution >= 4 is 21.6 Å². The Balaban J connectivity index is 3.73. The van der Waals surface area contributed by atoms with Crippen LogP contribution in [0.5, 0.6) is 0 Å². The quantitative estimate of drug-likeness (QED) is 0.693. The lowest BCUT2D eigenvalue weighted by molar-refractivity contribution is 0.560. The minimum absolute atomic E-state index is 0.0165. The van der Waals surface area contributed by atoms with E-state index in [2.05, 4.69) is 4.72 Å². The Morgan fingerprint density at radius 2 is 1.79 bits per heavy atom. The Kier molecular flexibility index (Phi) is 6.74. The number of hydrogen-bond donors (Lipinski definition) is 1. The summed E-state index contributed by atoms with van der Waals surface area (Å²) in [4.78, 5) is 0. The van der Waals surface area contributed by atoms with Crippen LogP contribution in [0.1, 0.15) is 33.6 Å². The van der Waals surface area contributed by atoms with Crippen LogP contribution in [0.15, 0.2) is 0 Å². The molecule has 1 N–H and O–H groups in total. The molecule has 14 heavy (non-hydrogen) atoms. The number of halogens is 1. The van der Waals surface area contributed by atoms with E-state index in [0.717, 1.165) is 0 Å². The number of hydrogen-bond acceptors (Lipinski definition) is 2. The number of nitrogens with one attached hydrogen (secondary N) is 1. The van der Waals surface area contributed by atoms with Crippen LogP contribution in [0.2, 0.25) is 0 Å². The van der Waals surface area contributed by atoms with Gasteiger partial charge >= 0.3 is 0 Å². The van der Waals surface area contributed by atoms with E-state index >= 15 is 0 Å². The molecule has 1 atom stereocenters. The summed E-state index contributed by atoms with van der Waals surface area (Å²) in [5.41, 5.74) is 0. The second kappa shape index (κ2) is 6.64. The van der Waals surface area contributed by atoms with Gasteiger partial charge in [-0.2, -0.15) is 0 Å². The summed E-state index contributed by atoms with van der Waals surface area (Å²) in [6.07, 6.45) is 1.37. The molecule has 0 radical (unpaired) electrons. The van der Waals surface area contributed by atoms with Crippen LogP contribution in [-0.4, -0.2) is 26.1 Å². The molecule has 0 aromatic rings. The fraction of sp³-hybridized carbons (Fsp3) is 1.00. The first-order valence-electron chi connectivity index (χ1n) is 4.95. The lowest BCUT2D eigenvalue weighted by Crippen LogP contribution is -2.28. The highest BCUT2D eigenvalue weighted by Crippen LogP contribution is 2.03. The van der Waals surface area contributed by atoms with Crippen LogP contribution in [0.25, 0.3) is 0 Å². The van der Waals surface area contributed by atoms with Gasteiger partial charge in [0.05, 0.1) is 5.75 Å². The van der Waals surface area contributed by atoms with Gasteiger partial charge < -0.3 is 0 Å². The van der Waals surface area contributed by atoms with E-state index in [1.807, 2.05) is 20.8 Å². The molecule has 1 unspecified atom stereocenters. The molecular formula is C9H20ClNO2S. The molecule has 0 saturated carbocycles. The maximum absolute atomic E-state index is 11.4. The molecular weight excluding hydrogens is 222 g/mol. The minimum atomic E-state index is -3.08. The summed E-state index contributed by atoms with van der Waals surface area (Å²) >= 11 is 5.70. The third-order valence-electron chi connectivity index (χ3n) is 1.83. The number of alkyl halides is 1. The van der Waals surface area contributed by atoms with Crippen molar-refractivity contribution in [2.24, 2.45) is 5.92 Å². The average molecular weight is 242 g/mol. The van der Waals surface area contributed by atoms with Crippen molar-refractivity contribution in [2.75, 3.05) is 12.3 Å². The molecule has 0 bridgehead atoms. The predicted octanol–water partition coefficient (Wildman–Crippen LogP) is 1.97. The second-order valence-corrected chi connectivity index (χ2v) is 6.64. The molecule has 0 heterocycles. The largest absolute Gasteiger partial charge is 0.215 e. The standard InChI is InChI=1S/C9H20ClNO2S/c1-8(2)5-7-14(12,13)11-6-4-9(3)10/h8-9,11H,4-7H2,1-3H3. The van der Waals surface area contributed by atoms with Crippen LogP contribution in [0.4, 0.5) is 0 Å². The van der Waals surface area contributed by atoms with Gasteiger partial charge in [0.25, 0.3) is 0 Å². The zero-order valence-electron chi connectivity index (χ0n) is 9.09. The van der Waals surface area contributed by atoms with Gasteiger partial charge in [-0.15, -0.1) is 11.6 Å². The first kappa shape index (κ1) is 14.2. The van der Waals surface area contributed by atoms with E-state index in [4.69, 9.17) is 11.6 Å². The molecule has 0 aliphatic rings. The van der Waals surface area contributed by atoms with E-state index < -0.39 is 10.0 Å². The Hall–Kier alpha value is 0.200. The van der Waals surface area contributed by atoms with Gasteiger partial charge in [-0.25, -0.2) is 13.1 Å². The number of rotatable bonds is 7. The van der Waals surface area contributed by atoms with Crippen molar-refractivity contribution < 1.29 is 8.42 Å². The van der Waals surface area contributed by atoms with Crippen LogP contribution >= 0.6 is 11.6 Å². The van der Waals surface area contributed by atoms with Crippen LogP contribution in [0.3, 0.4) is 0 Å². The molecule has 0 fully saturated rings. The van der Waals surface area contributed by atoms with Crippen molar-refractivity contribution in [1.82, 2.24) is 4.72 Å².